The summed E-state index contributed by atoms with van der Waals surface area (Å²) in [6, 6.07) is 1.73. The summed E-state index contributed by atoms with van der Waals surface area (Å²) in [7, 11) is -4.35. The lowest BCUT2D eigenvalue weighted by atomic mass is 10.3. The van der Waals surface area contributed by atoms with E-state index in [9.17, 15) is 27.3 Å². The number of hydrogen-bond acceptors (Lipinski definition) is 4. The minimum Gasteiger partial charge on any atom is -0.263 e. The van der Waals surface area contributed by atoms with Gasteiger partial charge in [-0.3, -0.25) is 10.1 Å². The Bertz CT molecular complexity index is 500. The second-order valence-electron chi connectivity index (χ2n) is 2.65. The molecule has 0 aromatic heterocycles. The summed E-state index contributed by atoms with van der Waals surface area (Å²) in [6.07, 6.45) is 0. The van der Waals surface area contributed by atoms with Crippen LogP contribution in [0.1, 0.15) is 0 Å². The lowest BCUT2D eigenvalue weighted by Gasteiger charge is -2.00. The van der Waals surface area contributed by atoms with Crippen molar-refractivity contribution in [3.63, 3.8) is 0 Å². The van der Waals surface area contributed by atoms with Crippen LogP contribution in [-0.2, 0) is 9.84 Å². The molecular formula is C7H5F2NO4S. The van der Waals surface area contributed by atoms with Crippen molar-refractivity contribution in [1.82, 2.24) is 0 Å². The number of nitrogens with zero attached hydrogens (tertiary/aromatic N) is 1. The van der Waals surface area contributed by atoms with Crippen LogP contribution in [0.4, 0.5) is 8.78 Å². The van der Waals surface area contributed by atoms with Crippen LogP contribution in [0.3, 0.4) is 0 Å². The van der Waals surface area contributed by atoms with Gasteiger partial charge in [0.05, 0.1) is 0 Å². The fourth-order valence-corrected chi connectivity index (χ4v) is 1.98. The first kappa shape index (κ1) is 11.5. The summed E-state index contributed by atoms with van der Waals surface area (Å²) in [5.74, 6) is -3.71. The van der Waals surface area contributed by atoms with Gasteiger partial charge < -0.3 is 0 Å². The molecule has 0 N–H and O–H groups in total. The highest BCUT2D eigenvalue weighted by atomic mass is 32.2. The van der Waals surface area contributed by atoms with Crippen molar-refractivity contribution in [2.24, 2.45) is 0 Å². The largest absolute Gasteiger partial charge is 0.306 e. The average Bonchev–Trinajstić information content (AvgIpc) is 1.99. The van der Waals surface area contributed by atoms with Crippen molar-refractivity contribution in [2.45, 2.75) is 4.90 Å². The zero-order valence-electron chi connectivity index (χ0n) is 7.18. The molecule has 0 heterocycles. The molecule has 0 aliphatic carbocycles. The van der Waals surface area contributed by atoms with Crippen LogP contribution in [0.15, 0.2) is 23.1 Å². The van der Waals surface area contributed by atoms with Crippen LogP contribution in [0.5, 0.6) is 0 Å². The summed E-state index contributed by atoms with van der Waals surface area (Å²) in [4.78, 5) is 8.02. The third-order valence-electron chi connectivity index (χ3n) is 1.50. The Morgan fingerprint density at radius 2 is 1.93 bits per heavy atom. The van der Waals surface area contributed by atoms with E-state index in [1.807, 2.05) is 0 Å². The molecule has 82 valence electrons. The fourth-order valence-electron chi connectivity index (χ4n) is 0.936. The topological polar surface area (TPSA) is 77.3 Å². The molecule has 0 aliphatic rings. The minimum atomic E-state index is -4.35. The van der Waals surface area contributed by atoms with E-state index in [0.717, 1.165) is 6.07 Å². The predicted molar refractivity (Wildman–Crippen MR) is 45.4 cm³/mol. The van der Waals surface area contributed by atoms with Crippen molar-refractivity contribution in [3.05, 3.63) is 39.9 Å². The molecule has 0 saturated heterocycles. The maximum atomic E-state index is 13.0. The molecule has 0 fully saturated rings. The minimum absolute atomic E-state index is 0.354. The Morgan fingerprint density at radius 3 is 2.40 bits per heavy atom. The second-order valence-corrected chi connectivity index (χ2v) is 4.58. The molecule has 1 rings (SSSR count). The van der Waals surface area contributed by atoms with Gasteiger partial charge in [-0.25, -0.2) is 17.2 Å². The molecule has 1 aromatic rings. The molecule has 1 aromatic carbocycles. The van der Waals surface area contributed by atoms with E-state index >= 15 is 0 Å². The van der Waals surface area contributed by atoms with Gasteiger partial charge in [-0.15, -0.1) is 0 Å². The van der Waals surface area contributed by atoms with Crippen molar-refractivity contribution < 1.29 is 22.1 Å². The van der Waals surface area contributed by atoms with Gasteiger partial charge in [0, 0.05) is 11.0 Å². The Morgan fingerprint density at radius 1 is 1.33 bits per heavy atom. The highest BCUT2D eigenvalue weighted by Crippen LogP contribution is 2.16. The molecule has 5 nitrogen and oxygen atoms in total. The second kappa shape index (κ2) is 3.89. The van der Waals surface area contributed by atoms with Gasteiger partial charge in [-0.05, 0) is 12.1 Å². The van der Waals surface area contributed by atoms with Gasteiger partial charge >= 0.3 is 5.88 Å². The van der Waals surface area contributed by atoms with E-state index < -0.39 is 37.2 Å². The molecule has 0 amide bonds. The summed E-state index contributed by atoms with van der Waals surface area (Å²) in [5, 5.41) is 10.00. The van der Waals surface area contributed by atoms with Crippen LogP contribution in [0, 0.1) is 21.7 Å². The third-order valence-corrected chi connectivity index (χ3v) is 3.06. The van der Waals surface area contributed by atoms with Gasteiger partial charge in [0.1, 0.15) is 16.5 Å². The quantitative estimate of drug-likeness (QED) is 0.446. The van der Waals surface area contributed by atoms with Gasteiger partial charge in [-0.1, -0.05) is 0 Å². The average molecular weight is 237 g/mol. The van der Waals surface area contributed by atoms with E-state index in [2.05, 4.69) is 0 Å². The third kappa shape index (κ3) is 2.69. The summed E-state index contributed by atoms with van der Waals surface area (Å²) >= 11 is 0. The number of benzene rings is 1. The van der Waals surface area contributed by atoms with E-state index in [0.29, 0.717) is 12.1 Å². The van der Waals surface area contributed by atoms with Crippen LogP contribution in [0.25, 0.3) is 0 Å². The zero-order chi connectivity index (χ0) is 11.6. The van der Waals surface area contributed by atoms with E-state index in [1.54, 1.807) is 0 Å². The SMILES string of the molecule is O=[N+]([O-])CS(=O)(=O)c1ccc(F)cc1F. The standard InChI is InChI=1S/C7H5F2NO4S/c8-5-1-2-7(6(9)3-5)15(13,14)4-10(11)12/h1-3H,4H2. The molecule has 0 spiro atoms. The highest BCUT2D eigenvalue weighted by Gasteiger charge is 2.24. The number of nitro groups is 1. The summed E-state index contributed by atoms with van der Waals surface area (Å²) in [5.41, 5.74) is 0. The van der Waals surface area contributed by atoms with Crippen LogP contribution < -0.4 is 0 Å². The van der Waals surface area contributed by atoms with Gasteiger partial charge in [0.2, 0.25) is 9.84 Å². The van der Waals surface area contributed by atoms with Gasteiger partial charge in [0.25, 0.3) is 0 Å². The number of rotatable bonds is 3. The zero-order valence-corrected chi connectivity index (χ0v) is 8.00. The van der Waals surface area contributed by atoms with Crippen molar-refractivity contribution in [1.29, 1.82) is 0 Å². The fraction of sp³-hybridized carbons (Fsp3) is 0.143. The maximum Gasteiger partial charge on any atom is 0.306 e. The number of sulfone groups is 1. The Hall–Kier alpha value is -1.57. The van der Waals surface area contributed by atoms with E-state index in [-0.39, 0.29) is 0 Å². The van der Waals surface area contributed by atoms with Crippen LogP contribution in [-0.4, -0.2) is 19.2 Å². The Balaban J connectivity index is 3.22. The van der Waals surface area contributed by atoms with Gasteiger partial charge in [0.15, 0.2) is 0 Å². The van der Waals surface area contributed by atoms with Gasteiger partial charge in [-0.2, -0.15) is 0 Å². The predicted octanol–water partition coefficient (Wildman–Crippen LogP) is 0.973. The smallest absolute Gasteiger partial charge is 0.263 e. The first-order valence-corrected chi connectivity index (χ1v) is 5.28. The molecule has 0 atom stereocenters. The van der Waals surface area contributed by atoms with E-state index in [4.69, 9.17) is 0 Å². The molecule has 0 radical (unpaired) electrons. The lowest BCUT2D eigenvalue weighted by molar-refractivity contribution is -0.458. The lowest BCUT2D eigenvalue weighted by Crippen LogP contribution is -2.15. The molecule has 15 heavy (non-hydrogen) atoms. The van der Waals surface area contributed by atoms with Crippen molar-refractivity contribution >= 4 is 9.84 Å². The maximum absolute atomic E-state index is 13.0. The summed E-state index contributed by atoms with van der Waals surface area (Å²) in [6.45, 7) is 0. The normalized spacial score (nSPS) is 11.3. The highest BCUT2D eigenvalue weighted by molar-refractivity contribution is 7.91. The molecule has 0 bridgehead atoms. The van der Waals surface area contributed by atoms with E-state index in [1.165, 1.54) is 0 Å². The molecule has 0 unspecified atom stereocenters. The van der Waals surface area contributed by atoms with Crippen LogP contribution in [0.2, 0.25) is 0 Å². The first-order chi connectivity index (χ1) is 6.83. The number of hydrogen-bond donors (Lipinski definition) is 0. The summed E-state index contributed by atoms with van der Waals surface area (Å²) < 4.78 is 47.7. The Kier molecular flexibility index (Phi) is 2.98. The van der Waals surface area contributed by atoms with Crippen molar-refractivity contribution in [3.8, 4) is 0 Å². The number of halogens is 2. The Labute approximate surface area is 83.4 Å². The van der Waals surface area contributed by atoms with Crippen molar-refractivity contribution in [2.75, 3.05) is 5.88 Å². The van der Waals surface area contributed by atoms with Crippen LogP contribution >= 0.6 is 0 Å². The molecule has 0 saturated carbocycles. The molecule has 8 heteroatoms. The monoisotopic (exact) mass is 237 g/mol. The first-order valence-electron chi connectivity index (χ1n) is 3.62. The molecular weight excluding hydrogens is 232 g/mol. The molecule has 0 aliphatic heterocycles.